The second-order valence-corrected chi connectivity index (χ2v) is 9.38. The Balaban J connectivity index is 0.00000272. The molecular formula is C24H36ClN3O3. The lowest BCUT2D eigenvalue weighted by Crippen LogP contribution is -2.48. The fraction of sp³-hybridized carbons (Fsp3) is 0.667. The Labute approximate surface area is 192 Å². The number of halogens is 1. The highest BCUT2D eigenvalue weighted by Crippen LogP contribution is 2.46. The van der Waals surface area contributed by atoms with Crippen molar-refractivity contribution < 1.29 is 14.4 Å². The van der Waals surface area contributed by atoms with Crippen LogP contribution in [-0.2, 0) is 14.4 Å². The van der Waals surface area contributed by atoms with Crippen LogP contribution in [0.2, 0.25) is 0 Å². The van der Waals surface area contributed by atoms with Crippen molar-refractivity contribution >= 4 is 29.9 Å². The molecule has 1 aromatic rings. The van der Waals surface area contributed by atoms with E-state index in [2.05, 4.69) is 41.8 Å². The second kappa shape index (κ2) is 10.3. The van der Waals surface area contributed by atoms with Crippen LogP contribution in [0.4, 0.5) is 5.69 Å². The molecule has 1 saturated carbocycles. The Morgan fingerprint density at radius 2 is 1.61 bits per heavy atom. The van der Waals surface area contributed by atoms with Crippen LogP contribution in [0.1, 0.15) is 56.1 Å². The van der Waals surface area contributed by atoms with Gasteiger partial charge in [-0.2, -0.15) is 5.06 Å². The average molecular weight is 450 g/mol. The van der Waals surface area contributed by atoms with E-state index in [1.165, 1.54) is 16.8 Å². The third-order valence-electron chi connectivity index (χ3n) is 7.30. The average Bonchev–Trinajstić information content (AvgIpc) is 3.17. The van der Waals surface area contributed by atoms with Crippen molar-refractivity contribution in [2.45, 2.75) is 58.8 Å². The van der Waals surface area contributed by atoms with Crippen LogP contribution in [-0.4, -0.2) is 61.1 Å². The summed E-state index contributed by atoms with van der Waals surface area (Å²) in [7, 11) is 0. The van der Waals surface area contributed by atoms with E-state index in [4.69, 9.17) is 4.84 Å². The molecular weight excluding hydrogens is 414 g/mol. The number of imide groups is 1. The molecule has 0 radical (unpaired) electrons. The first-order valence-corrected chi connectivity index (χ1v) is 11.5. The Morgan fingerprint density at radius 1 is 0.968 bits per heavy atom. The van der Waals surface area contributed by atoms with Gasteiger partial charge in [-0.3, -0.25) is 19.3 Å². The molecule has 7 heteroatoms. The number of rotatable bonds is 6. The minimum Gasteiger partial charge on any atom is -0.369 e. The highest BCUT2D eigenvalue weighted by molar-refractivity contribution is 5.97. The minimum atomic E-state index is -0.143. The molecule has 0 atom stereocenters. The molecule has 2 aliphatic heterocycles. The third kappa shape index (κ3) is 5.41. The van der Waals surface area contributed by atoms with Crippen molar-refractivity contribution in [2.75, 3.05) is 44.2 Å². The van der Waals surface area contributed by atoms with Gasteiger partial charge in [0.1, 0.15) is 0 Å². The van der Waals surface area contributed by atoms with Crippen molar-refractivity contribution in [1.82, 2.24) is 9.96 Å². The number of hydrogen-bond donors (Lipinski definition) is 0. The molecule has 1 spiro atoms. The normalized spacial score (nSPS) is 21.6. The first kappa shape index (κ1) is 24.0. The van der Waals surface area contributed by atoms with E-state index in [9.17, 15) is 9.59 Å². The summed E-state index contributed by atoms with van der Waals surface area (Å²) >= 11 is 0. The van der Waals surface area contributed by atoms with Crippen molar-refractivity contribution in [1.29, 1.82) is 0 Å². The molecule has 6 nitrogen and oxygen atoms in total. The molecule has 2 heterocycles. The number of hydrogen-bond acceptors (Lipinski definition) is 5. The Hall–Kier alpha value is -1.63. The van der Waals surface area contributed by atoms with E-state index in [-0.39, 0.29) is 29.6 Å². The zero-order valence-corrected chi connectivity index (χ0v) is 19.7. The van der Waals surface area contributed by atoms with Gasteiger partial charge in [-0.05, 0) is 55.7 Å². The minimum absolute atomic E-state index is 0. The number of anilines is 1. The molecule has 4 rings (SSSR count). The molecule has 3 aliphatic rings. The fourth-order valence-corrected chi connectivity index (χ4v) is 5.34. The zero-order chi connectivity index (χ0) is 21.1. The number of benzene rings is 1. The van der Waals surface area contributed by atoms with Crippen LogP contribution in [0.15, 0.2) is 18.2 Å². The Morgan fingerprint density at radius 3 is 2.26 bits per heavy atom. The molecule has 1 aliphatic carbocycles. The van der Waals surface area contributed by atoms with Gasteiger partial charge in [0, 0.05) is 51.3 Å². The summed E-state index contributed by atoms with van der Waals surface area (Å²) in [4.78, 5) is 35.4. The van der Waals surface area contributed by atoms with Gasteiger partial charge < -0.3 is 4.90 Å². The summed E-state index contributed by atoms with van der Waals surface area (Å²) in [6, 6.07) is 6.52. The molecule has 1 aromatic carbocycles. The summed E-state index contributed by atoms with van der Waals surface area (Å²) in [6.07, 6.45) is 6.05. The van der Waals surface area contributed by atoms with Gasteiger partial charge >= 0.3 is 0 Å². The van der Waals surface area contributed by atoms with E-state index in [0.29, 0.717) is 19.4 Å². The van der Waals surface area contributed by atoms with E-state index in [1.807, 2.05) is 0 Å². The van der Waals surface area contributed by atoms with Gasteiger partial charge in [0.05, 0.1) is 6.61 Å². The van der Waals surface area contributed by atoms with E-state index in [0.717, 1.165) is 69.9 Å². The number of carbonyl (C=O) groups is 2. The van der Waals surface area contributed by atoms with Crippen LogP contribution >= 0.6 is 12.4 Å². The predicted octanol–water partition coefficient (Wildman–Crippen LogP) is 3.88. The van der Waals surface area contributed by atoms with Crippen LogP contribution < -0.4 is 4.90 Å². The summed E-state index contributed by atoms with van der Waals surface area (Å²) < 4.78 is 0. The van der Waals surface area contributed by atoms with Gasteiger partial charge in [-0.25, -0.2) is 0 Å². The molecule has 172 valence electrons. The number of nitrogens with zero attached hydrogens (tertiary/aromatic N) is 3. The fourth-order valence-electron chi connectivity index (χ4n) is 5.34. The lowest BCUT2D eigenvalue weighted by molar-refractivity contribution is -0.205. The standard InChI is InChI=1S/C24H35N3O3.ClH/c1-19-7-5-8-21(20(19)2)26-14-12-25(13-15-26)11-6-16-30-27-22(28)17-24(18-23(27)29)9-3-4-10-24;/h5,7-8H,3-4,6,9-18H2,1-2H3;1H. The van der Waals surface area contributed by atoms with Gasteiger partial charge in [-0.15, -0.1) is 12.4 Å². The number of hydroxylamine groups is 2. The number of piperidine rings is 1. The largest absolute Gasteiger partial charge is 0.369 e. The van der Waals surface area contributed by atoms with Crippen LogP contribution in [0.3, 0.4) is 0 Å². The van der Waals surface area contributed by atoms with Crippen molar-refractivity contribution in [3.05, 3.63) is 29.3 Å². The smallest absolute Gasteiger partial charge is 0.254 e. The zero-order valence-electron chi connectivity index (χ0n) is 18.9. The van der Waals surface area contributed by atoms with Crippen molar-refractivity contribution in [2.24, 2.45) is 5.41 Å². The first-order chi connectivity index (χ1) is 14.5. The molecule has 0 aromatic heterocycles. The topological polar surface area (TPSA) is 53.1 Å². The molecule has 31 heavy (non-hydrogen) atoms. The predicted molar refractivity (Wildman–Crippen MR) is 124 cm³/mol. The van der Waals surface area contributed by atoms with Gasteiger partial charge in [-0.1, -0.05) is 25.0 Å². The van der Waals surface area contributed by atoms with Crippen LogP contribution in [0.25, 0.3) is 0 Å². The quantitative estimate of drug-likeness (QED) is 0.487. The molecule has 0 bridgehead atoms. The number of amides is 2. The molecule has 2 saturated heterocycles. The van der Waals surface area contributed by atoms with Gasteiger partial charge in [0.25, 0.3) is 11.8 Å². The summed E-state index contributed by atoms with van der Waals surface area (Å²) in [5.74, 6) is -0.287. The molecule has 0 N–H and O–H groups in total. The third-order valence-corrected chi connectivity index (χ3v) is 7.30. The molecule has 0 unspecified atom stereocenters. The Bertz CT molecular complexity index is 766. The molecule has 3 fully saturated rings. The summed E-state index contributed by atoms with van der Waals surface area (Å²) in [5.41, 5.74) is 3.99. The summed E-state index contributed by atoms with van der Waals surface area (Å²) in [5, 5.41) is 1.06. The highest BCUT2D eigenvalue weighted by Gasteiger charge is 2.45. The lowest BCUT2D eigenvalue weighted by atomic mass is 9.77. The number of carbonyl (C=O) groups excluding carboxylic acids is 2. The maximum atomic E-state index is 12.4. The van der Waals surface area contributed by atoms with E-state index in [1.54, 1.807) is 0 Å². The van der Waals surface area contributed by atoms with Crippen LogP contribution in [0, 0.1) is 19.3 Å². The molecule has 2 amide bonds. The monoisotopic (exact) mass is 449 g/mol. The van der Waals surface area contributed by atoms with Gasteiger partial charge in [0.15, 0.2) is 0 Å². The van der Waals surface area contributed by atoms with E-state index < -0.39 is 0 Å². The van der Waals surface area contributed by atoms with E-state index >= 15 is 0 Å². The number of aryl methyl sites for hydroxylation is 1. The lowest BCUT2D eigenvalue weighted by Gasteiger charge is -2.37. The maximum absolute atomic E-state index is 12.4. The second-order valence-electron chi connectivity index (χ2n) is 9.38. The summed E-state index contributed by atoms with van der Waals surface area (Å²) in [6.45, 7) is 9.82. The highest BCUT2D eigenvalue weighted by atomic mass is 35.5. The Kier molecular flexibility index (Phi) is 8.00. The SMILES string of the molecule is Cc1cccc(N2CCN(CCCON3C(=O)CC4(CCCC4)CC3=O)CC2)c1C.Cl. The van der Waals surface area contributed by atoms with Crippen molar-refractivity contribution in [3.63, 3.8) is 0 Å². The van der Waals surface area contributed by atoms with Crippen molar-refractivity contribution in [3.8, 4) is 0 Å². The van der Waals surface area contributed by atoms with Gasteiger partial charge in [0.2, 0.25) is 0 Å². The number of piperazine rings is 1. The van der Waals surface area contributed by atoms with Crippen LogP contribution in [0.5, 0.6) is 0 Å². The maximum Gasteiger partial charge on any atom is 0.254 e. The first-order valence-electron chi connectivity index (χ1n) is 11.5.